The number of hydrogen-bond donors (Lipinski definition) is 0. The Labute approximate surface area is 192 Å². The Kier molecular flexibility index (Phi) is 5.28. The molecule has 1 atom stereocenters. The monoisotopic (exact) mass is 463 g/mol. The molecule has 0 saturated carbocycles. The summed E-state index contributed by atoms with van der Waals surface area (Å²) < 4.78 is 27.8. The van der Waals surface area contributed by atoms with Crippen LogP contribution in [0.15, 0.2) is 72.8 Å². The van der Waals surface area contributed by atoms with Gasteiger partial charge in [0.1, 0.15) is 4.75 Å². The van der Waals surface area contributed by atoms with Crippen LogP contribution in [0.5, 0.6) is 0 Å². The van der Waals surface area contributed by atoms with Crippen molar-refractivity contribution < 1.29 is 13.2 Å². The Morgan fingerprint density at radius 2 is 1.70 bits per heavy atom. The molecular formula is C24H25N5O3S. The second-order valence-corrected chi connectivity index (χ2v) is 10.8. The Balaban J connectivity index is 1.43. The highest BCUT2D eigenvalue weighted by Gasteiger charge is 2.41. The van der Waals surface area contributed by atoms with E-state index in [1.54, 1.807) is 49.6 Å². The summed E-state index contributed by atoms with van der Waals surface area (Å²) in [7, 11) is -3.83. The zero-order valence-electron chi connectivity index (χ0n) is 18.3. The summed E-state index contributed by atoms with van der Waals surface area (Å²) >= 11 is 0. The van der Waals surface area contributed by atoms with Crippen LogP contribution in [-0.4, -0.2) is 64.5 Å². The van der Waals surface area contributed by atoms with E-state index >= 15 is 0 Å². The van der Waals surface area contributed by atoms with E-state index in [0.717, 1.165) is 31.9 Å². The molecule has 170 valence electrons. The topological polar surface area (TPSA) is 88.4 Å². The van der Waals surface area contributed by atoms with Crippen molar-refractivity contribution in [3.8, 4) is 0 Å². The molecule has 2 aromatic heterocycles. The van der Waals surface area contributed by atoms with E-state index in [4.69, 9.17) is 0 Å². The Morgan fingerprint density at radius 1 is 1.00 bits per heavy atom. The highest BCUT2D eigenvalue weighted by Crippen LogP contribution is 2.35. The number of carbonyl (C=O) groups excluding carboxylic acids is 1. The molecule has 5 rings (SSSR count). The molecule has 0 radical (unpaired) electrons. The molecule has 0 N–H and O–H groups in total. The highest BCUT2D eigenvalue weighted by molar-refractivity contribution is 7.91. The SMILES string of the molecule is CC1(S(=O)(=O)n2cc(C=O)c3ccccc32)C=C(N2CCN(c3ncccn3)CC2)C=CC1. The van der Waals surface area contributed by atoms with E-state index in [1.165, 1.54) is 10.2 Å². The molecular weight excluding hydrogens is 438 g/mol. The van der Waals surface area contributed by atoms with Gasteiger partial charge < -0.3 is 9.80 Å². The molecule has 1 fully saturated rings. The minimum absolute atomic E-state index is 0.361. The molecule has 1 aromatic carbocycles. The number of aromatic nitrogens is 3. The summed E-state index contributed by atoms with van der Waals surface area (Å²) in [6, 6.07) is 8.88. The van der Waals surface area contributed by atoms with Crippen LogP contribution in [0.4, 0.5) is 5.95 Å². The normalized spacial score (nSPS) is 21.3. The van der Waals surface area contributed by atoms with Crippen molar-refractivity contribution in [2.45, 2.75) is 18.1 Å². The minimum atomic E-state index is -3.83. The van der Waals surface area contributed by atoms with Crippen molar-refractivity contribution in [1.29, 1.82) is 0 Å². The summed E-state index contributed by atoms with van der Waals surface area (Å²) in [4.78, 5) is 24.5. The fourth-order valence-corrected chi connectivity index (χ4v) is 6.22. The molecule has 1 unspecified atom stereocenters. The van der Waals surface area contributed by atoms with Crippen LogP contribution < -0.4 is 4.90 Å². The number of nitrogens with zero attached hydrogens (tertiary/aromatic N) is 5. The third kappa shape index (κ3) is 3.62. The lowest BCUT2D eigenvalue weighted by Gasteiger charge is -2.39. The van der Waals surface area contributed by atoms with Crippen LogP contribution in [0.1, 0.15) is 23.7 Å². The summed E-state index contributed by atoms with van der Waals surface area (Å²) in [6.45, 7) is 4.74. The summed E-state index contributed by atoms with van der Waals surface area (Å²) in [5, 5.41) is 0.634. The van der Waals surface area contributed by atoms with Gasteiger partial charge >= 0.3 is 0 Å². The second kappa shape index (κ2) is 8.15. The van der Waals surface area contributed by atoms with Crippen molar-refractivity contribution in [3.05, 3.63) is 78.4 Å². The number of aldehydes is 1. The number of anilines is 1. The molecule has 1 saturated heterocycles. The maximum Gasteiger partial charge on any atom is 0.248 e. The van der Waals surface area contributed by atoms with E-state index < -0.39 is 14.8 Å². The zero-order chi connectivity index (χ0) is 23.1. The Bertz CT molecular complexity index is 1360. The molecule has 0 amide bonds. The van der Waals surface area contributed by atoms with Gasteiger partial charge in [0.25, 0.3) is 0 Å². The predicted molar refractivity (Wildman–Crippen MR) is 128 cm³/mol. The number of fused-ring (bicyclic) bond motifs is 1. The first-order valence-corrected chi connectivity index (χ1v) is 12.3. The quantitative estimate of drug-likeness (QED) is 0.538. The number of allylic oxidation sites excluding steroid dienone is 2. The summed E-state index contributed by atoms with van der Waals surface area (Å²) in [5.41, 5.74) is 1.78. The molecule has 9 heteroatoms. The minimum Gasteiger partial charge on any atom is -0.368 e. The predicted octanol–water partition coefficient (Wildman–Crippen LogP) is 2.85. The van der Waals surface area contributed by atoms with Gasteiger partial charge in [-0.2, -0.15) is 0 Å². The number of piperazine rings is 1. The zero-order valence-corrected chi connectivity index (χ0v) is 19.1. The Morgan fingerprint density at radius 3 is 2.42 bits per heavy atom. The van der Waals surface area contributed by atoms with Gasteiger partial charge in [0.05, 0.1) is 5.52 Å². The summed E-state index contributed by atoms with van der Waals surface area (Å²) in [6.07, 6.45) is 11.7. The smallest absolute Gasteiger partial charge is 0.248 e. The van der Waals surface area contributed by atoms with E-state index in [-0.39, 0.29) is 0 Å². The maximum atomic E-state index is 13.8. The first-order chi connectivity index (χ1) is 15.9. The van der Waals surface area contributed by atoms with Gasteiger partial charge in [-0.1, -0.05) is 24.3 Å². The number of carbonyl (C=O) groups is 1. The van der Waals surface area contributed by atoms with E-state index in [0.29, 0.717) is 35.1 Å². The molecule has 2 aliphatic rings. The van der Waals surface area contributed by atoms with Gasteiger partial charge in [-0.3, -0.25) is 4.79 Å². The van der Waals surface area contributed by atoms with E-state index in [1.807, 2.05) is 18.2 Å². The van der Waals surface area contributed by atoms with Gasteiger partial charge in [-0.25, -0.2) is 22.4 Å². The van der Waals surface area contributed by atoms with E-state index in [9.17, 15) is 13.2 Å². The lowest BCUT2D eigenvalue weighted by atomic mass is 9.99. The van der Waals surface area contributed by atoms with Gasteiger partial charge in [0, 0.05) is 61.4 Å². The second-order valence-electron chi connectivity index (χ2n) is 8.53. The van der Waals surface area contributed by atoms with Crippen LogP contribution in [-0.2, 0) is 10.0 Å². The molecule has 1 aliphatic heterocycles. The lowest BCUT2D eigenvalue weighted by molar-refractivity contribution is 0.112. The molecule has 1 aliphatic carbocycles. The average Bonchev–Trinajstić information content (AvgIpc) is 3.24. The van der Waals surface area contributed by atoms with Gasteiger partial charge in [-0.15, -0.1) is 0 Å². The van der Waals surface area contributed by atoms with Crippen LogP contribution in [0, 0.1) is 0 Å². The summed E-state index contributed by atoms with van der Waals surface area (Å²) in [5.74, 6) is 0.711. The first-order valence-electron chi connectivity index (χ1n) is 10.9. The van der Waals surface area contributed by atoms with Crippen LogP contribution in [0.3, 0.4) is 0 Å². The standard InChI is InChI=1S/C24H25N5O3S/c1-24(33(31,32)29-17-19(18-30)21-7-2-3-8-22(21)29)9-4-6-20(16-24)27-12-14-28(15-13-27)23-25-10-5-11-26-23/h2-8,10-11,16-18H,9,12-15H2,1H3. The molecule has 0 spiro atoms. The molecule has 3 aromatic rings. The lowest BCUT2D eigenvalue weighted by Crippen LogP contribution is -2.47. The first kappa shape index (κ1) is 21.4. The van der Waals surface area contributed by atoms with Crippen molar-refractivity contribution >= 4 is 33.2 Å². The average molecular weight is 464 g/mol. The highest BCUT2D eigenvalue weighted by atomic mass is 32.2. The maximum absolute atomic E-state index is 13.8. The van der Waals surface area contributed by atoms with E-state index in [2.05, 4.69) is 19.8 Å². The van der Waals surface area contributed by atoms with Gasteiger partial charge in [0.2, 0.25) is 16.0 Å². The molecule has 3 heterocycles. The van der Waals surface area contributed by atoms with Crippen LogP contribution in [0.2, 0.25) is 0 Å². The van der Waals surface area contributed by atoms with Crippen LogP contribution >= 0.6 is 0 Å². The fourth-order valence-electron chi connectivity index (χ4n) is 4.52. The van der Waals surface area contributed by atoms with Crippen LogP contribution in [0.25, 0.3) is 10.9 Å². The van der Waals surface area contributed by atoms with Crippen molar-refractivity contribution in [2.75, 3.05) is 31.1 Å². The van der Waals surface area contributed by atoms with Crippen molar-refractivity contribution in [1.82, 2.24) is 18.8 Å². The Hall–Kier alpha value is -3.46. The number of para-hydroxylation sites is 1. The van der Waals surface area contributed by atoms with Gasteiger partial charge in [-0.05, 0) is 37.6 Å². The van der Waals surface area contributed by atoms with Gasteiger partial charge in [0.15, 0.2) is 6.29 Å². The number of benzene rings is 1. The fraction of sp³-hybridized carbons (Fsp3) is 0.292. The third-order valence-electron chi connectivity index (χ3n) is 6.43. The molecule has 8 nitrogen and oxygen atoms in total. The number of hydrogen-bond acceptors (Lipinski definition) is 7. The largest absolute Gasteiger partial charge is 0.368 e. The number of rotatable bonds is 5. The van der Waals surface area contributed by atoms with Crippen molar-refractivity contribution in [2.24, 2.45) is 0 Å². The molecule has 33 heavy (non-hydrogen) atoms. The molecule has 0 bridgehead atoms. The third-order valence-corrected chi connectivity index (χ3v) is 8.71. The van der Waals surface area contributed by atoms with Crippen molar-refractivity contribution in [3.63, 3.8) is 0 Å².